The summed E-state index contributed by atoms with van der Waals surface area (Å²) >= 11 is 2.78. The van der Waals surface area contributed by atoms with Gasteiger partial charge in [-0.2, -0.15) is 0 Å². The van der Waals surface area contributed by atoms with Gasteiger partial charge in [0, 0.05) is 54.1 Å². The number of thiazole rings is 1. The van der Waals surface area contributed by atoms with Crippen LogP contribution in [0.1, 0.15) is 46.6 Å². The van der Waals surface area contributed by atoms with Crippen molar-refractivity contribution in [1.29, 1.82) is 0 Å². The van der Waals surface area contributed by atoms with E-state index >= 15 is 0 Å². The predicted molar refractivity (Wildman–Crippen MR) is 160 cm³/mol. The zero-order valence-electron chi connectivity index (χ0n) is 22.6. The number of carbonyl (C=O) groups excluding carboxylic acids is 1. The van der Waals surface area contributed by atoms with Gasteiger partial charge in [0.05, 0.1) is 24.5 Å². The summed E-state index contributed by atoms with van der Waals surface area (Å²) in [5.41, 5.74) is 14.4. The predicted octanol–water partition coefficient (Wildman–Crippen LogP) is 2.62. The first-order chi connectivity index (χ1) is 20.5. The number of anilines is 2. The fourth-order valence-corrected chi connectivity index (χ4v) is 7.50. The summed E-state index contributed by atoms with van der Waals surface area (Å²) in [7, 11) is 0. The van der Waals surface area contributed by atoms with E-state index < -0.39 is 5.91 Å². The molecule has 1 saturated heterocycles. The molecule has 1 amide bonds. The second-order valence-electron chi connectivity index (χ2n) is 10.5. The molecule has 13 nitrogen and oxygen atoms in total. The monoisotopic (exact) mass is 607 g/mol. The van der Waals surface area contributed by atoms with E-state index in [0.717, 1.165) is 36.1 Å². The molecule has 42 heavy (non-hydrogen) atoms. The molecule has 0 aromatic carbocycles. The number of amides is 1. The van der Waals surface area contributed by atoms with Crippen LogP contribution in [0.4, 0.5) is 11.8 Å². The van der Waals surface area contributed by atoms with Crippen molar-refractivity contribution in [2.24, 2.45) is 11.5 Å². The van der Waals surface area contributed by atoms with Gasteiger partial charge in [-0.1, -0.05) is 12.8 Å². The van der Waals surface area contributed by atoms with Gasteiger partial charge in [0.25, 0.3) is 5.91 Å². The fourth-order valence-electron chi connectivity index (χ4n) is 5.61. The molecule has 2 fully saturated rings. The van der Waals surface area contributed by atoms with Gasteiger partial charge in [0.15, 0.2) is 17.1 Å². The summed E-state index contributed by atoms with van der Waals surface area (Å²) in [6.45, 7) is 2.48. The molecule has 0 bridgehead atoms. The molecular formula is C27H29N9O4S2. The normalized spacial score (nSPS) is 19.5. The molecule has 2 atom stereocenters. The van der Waals surface area contributed by atoms with Gasteiger partial charge in [-0.3, -0.25) is 14.0 Å². The van der Waals surface area contributed by atoms with E-state index in [1.54, 1.807) is 16.7 Å². The third-order valence-electron chi connectivity index (χ3n) is 7.79. The zero-order valence-corrected chi connectivity index (χ0v) is 24.2. The van der Waals surface area contributed by atoms with Crippen LogP contribution >= 0.6 is 22.7 Å². The number of nitrogens with zero attached hydrogens (tertiary/aromatic N) is 6. The lowest BCUT2D eigenvalue weighted by Crippen LogP contribution is -2.43. The molecule has 15 heteroatoms. The quantitative estimate of drug-likeness (QED) is 0.247. The highest BCUT2D eigenvalue weighted by molar-refractivity contribution is 7.19. The lowest BCUT2D eigenvalue weighted by molar-refractivity contribution is 0.1000. The van der Waals surface area contributed by atoms with Crippen LogP contribution in [0.25, 0.3) is 26.5 Å². The molecule has 5 aromatic heterocycles. The van der Waals surface area contributed by atoms with Crippen LogP contribution in [0.15, 0.2) is 33.2 Å². The molecular weight excluding hydrogens is 578 g/mol. The van der Waals surface area contributed by atoms with Crippen LogP contribution < -0.4 is 27.1 Å². The van der Waals surface area contributed by atoms with Gasteiger partial charge in [-0.15, -0.1) is 32.9 Å². The van der Waals surface area contributed by atoms with Gasteiger partial charge in [-0.25, -0.2) is 9.97 Å². The van der Waals surface area contributed by atoms with Crippen molar-refractivity contribution in [3.8, 4) is 10.6 Å². The first kappa shape index (κ1) is 26.9. The highest BCUT2D eigenvalue weighted by Crippen LogP contribution is 2.37. The molecule has 1 aliphatic carbocycles. The zero-order chi connectivity index (χ0) is 28.8. The minimum atomic E-state index is -0.637. The molecule has 7 rings (SSSR count). The molecule has 5 aromatic rings. The molecule has 0 radical (unpaired) electrons. The van der Waals surface area contributed by atoms with Gasteiger partial charge in [0.2, 0.25) is 11.4 Å². The summed E-state index contributed by atoms with van der Waals surface area (Å²) in [4.78, 5) is 37.9. The molecule has 1 saturated carbocycles. The average Bonchev–Trinajstić information content (AvgIpc) is 3.75. The third-order valence-corrected chi connectivity index (χ3v) is 9.79. The Bertz CT molecular complexity index is 1840. The summed E-state index contributed by atoms with van der Waals surface area (Å²) in [5, 5.41) is 14.3. The van der Waals surface area contributed by atoms with Gasteiger partial charge >= 0.3 is 0 Å². The van der Waals surface area contributed by atoms with E-state index in [4.69, 9.17) is 25.6 Å². The molecule has 5 N–H and O–H groups in total. The Morgan fingerprint density at radius 2 is 2.05 bits per heavy atom. The molecule has 2 aliphatic rings. The number of nitrogens with two attached hydrogens (primary N) is 2. The van der Waals surface area contributed by atoms with E-state index in [1.807, 2.05) is 10.3 Å². The Kier molecular flexibility index (Phi) is 7.09. The van der Waals surface area contributed by atoms with E-state index in [9.17, 15) is 9.59 Å². The molecule has 0 spiro atoms. The van der Waals surface area contributed by atoms with Crippen LogP contribution in [0, 0.1) is 0 Å². The van der Waals surface area contributed by atoms with Gasteiger partial charge in [0.1, 0.15) is 21.6 Å². The summed E-state index contributed by atoms with van der Waals surface area (Å²) in [6, 6.07) is 1.59. The lowest BCUT2D eigenvalue weighted by atomic mass is 9.91. The SMILES string of the molecule is NC(=O)c1c(Cc2cnc(-c3csc4c(=O)cc(N5CCOCC5)oc34)s2)nc(N[C@H]2CCCC[C@H]2N)n2cnnc12. The lowest BCUT2D eigenvalue weighted by Gasteiger charge is -2.30. The minimum absolute atomic E-state index is 0.000325. The minimum Gasteiger partial charge on any atom is -0.439 e. The number of hydrogen-bond acceptors (Lipinski definition) is 13. The molecule has 218 valence electrons. The Morgan fingerprint density at radius 3 is 2.86 bits per heavy atom. The van der Waals surface area contributed by atoms with Crippen molar-refractivity contribution in [2.75, 3.05) is 36.5 Å². The van der Waals surface area contributed by atoms with Crippen LogP contribution in [-0.4, -0.2) is 68.9 Å². The largest absolute Gasteiger partial charge is 0.439 e. The van der Waals surface area contributed by atoms with E-state index in [1.165, 1.54) is 29.0 Å². The maximum atomic E-state index is 12.9. The number of morpholine rings is 1. The van der Waals surface area contributed by atoms with Crippen molar-refractivity contribution >= 4 is 56.3 Å². The molecule has 6 heterocycles. The standard InChI is InChI=1S/C27H29N9O4S2/c28-16-3-1-2-4-17(16)32-27-33-18(21(24(29)38)25-34-31-13-36(25)27)9-14-11-30-26(42-14)15-12-41-23-19(37)10-20(40-22(15)23)35-5-7-39-8-6-35/h10-13,16-17H,1-9,28H2,(H2,29,38)(H,32,33)/t16-,17+/m1/s1. The van der Waals surface area contributed by atoms with Crippen molar-refractivity contribution in [3.63, 3.8) is 0 Å². The van der Waals surface area contributed by atoms with Crippen molar-refractivity contribution in [1.82, 2.24) is 24.6 Å². The maximum absolute atomic E-state index is 12.9. The Hall–Kier alpha value is -3.92. The summed E-state index contributed by atoms with van der Waals surface area (Å²) in [5.74, 6) is 0.410. The van der Waals surface area contributed by atoms with Crippen LogP contribution in [0.2, 0.25) is 0 Å². The fraction of sp³-hybridized carbons (Fsp3) is 0.407. The number of hydrogen-bond donors (Lipinski definition) is 3. The number of primary amides is 1. The smallest absolute Gasteiger partial charge is 0.254 e. The number of ether oxygens (including phenoxy) is 1. The second kappa shape index (κ2) is 11.1. The van der Waals surface area contributed by atoms with E-state index in [-0.39, 0.29) is 23.1 Å². The van der Waals surface area contributed by atoms with Crippen LogP contribution in [0.3, 0.4) is 0 Å². The van der Waals surface area contributed by atoms with E-state index in [2.05, 4.69) is 20.5 Å². The van der Waals surface area contributed by atoms with Crippen molar-refractivity contribution in [3.05, 3.63) is 50.3 Å². The highest BCUT2D eigenvalue weighted by atomic mass is 32.1. The number of nitrogens with one attached hydrogen (secondary N) is 1. The summed E-state index contributed by atoms with van der Waals surface area (Å²) < 4.78 is 13.9. The summed E-state index contributed by atoms with van der Waals surface area (Å²) in [6.07, 6.45) is 7.61. The van der Waals surface area contributed by atoms with Crippen molar-refractivity contribution < 1.29 is 13.9 Å². The van der Waals surface area contributed by atoms with Gasteiger partial charge < -0.3 is 30.8 Å². The number of aromatic nitrogens is 5. The second-order valence-corrected chi connectivity index (χ2v) is 12.5. The maximum Gasteiger partial charge on any atom is 0.254 e. The van der Waals surface area contributed by atoms with Gasteiger partial charge in [-0.05, 0) is 12.8 Å². The number of carbonyl (C=O) groups is 1. The Balaban J connectivity index is 1.23. The first-order valence-corrected chi connectivity index (χ1v) is 15.5. The Morgan fingerprint density at radius 1 is 1.21 bits per heavy atom. The number of rotatable bonds is 7. The number of fused-ring (bicyclic) bond motifs is 2. The number of thiophene rings is 1. The first-order valence-electron chi connectivity index (χ1n) is 13.8. The Labute approximate surface area is 247 Å². The van der Waals surface area contributed by atoms with Crippen molar-refractivity contribution in [2.45, 2.75) is 44.2 Å². The molecule has 1 aliphatic heterocycles. The van der Waals surface area contributed by atoms with Crippen LogP contribution in [-0.2, 0) is 11.2 Å². The average molecular weight is 608 g/mol. The molecule has 0 unspecified atom stereocenters. The topological polar surface area (TPSA) is 180 Å². The highest BCUT2D eigenvalue weighted by Gasteiger charge is 2.26. The van der Waals surface area contributed by atoms with Crippen LogP contribution in [0.5, 0.6) is 0 Å². The van der Waals surface area contributed by atoms with E-state index in [0.29, 0.717) is 71.2 Å². The third kappa shape index (κ3) is 4.91.